The van der Waals surface area contributed by atoms with E-state index in [0.29, 0.717) is 11.1 Å². The van der Waals surface area contributed by atoms with Gasteiger partial charge in [-0.25, -0.2) is 8.42 Å². The number of hydrogen-bond donors (Lipinski definition) is 4. The summed E-state index contributed by atoms with van der Waals surface area (Å²) >= 11 is 0. The van der Waals surface area contributed by atoms with Crippen molar-refractivity contribution in [3.8, 4) is 0 Å². The SMILES string of the molecule is CNC(=O)[C@H](Cc1cccc(C(=N)N)c1)NS(=O)(=O)c1ccc(C)cc1. The normalized spacial score (nSPS) is 12.4. The maximum absolute atomic E-state index is 12.6. The summed E-state index contributed by atoms with van der Waals surface area (Å²) in [5, 5.41) is 9.97. The number of likely N-dealkylation sites (N-methyl/N-ethyl adjacent to an activating group) is 1. The molecule has 0 saturated carbocycles. The van der Waals surface area contributed by atoms with E-state index in [9.17, 15) is 13.2 Å². The van der Waals surface area contributed by atoms with Gasteiger partial charge in [0.25, 0.3) is 0 Å². The molecule has 0 aliphatic rings. The van der Waals surface area contributed by atoms with Crippen LogP contribution in [0.15, 0.2) is 53.4 Å². The quantitative estimate of drug-likeness (QED) is 0.425. The minimum absolute atomic E-state index is 0.0921. The first-order valence-electron chi connectivity index (χ1n) is 7.97. The Kier molecular flexibility index (Phi) is 6.12. The molecule has 0 bridgehead atoms. The minimum Gasteiger partial charge on any atom is -0.384 e. The molecule has 0 aliphatic heterocycles. The molecule has 8 heteroatoms. The fourth-order valence-corrected chi connectivity index (χ4v) is 3.63. The topological polar surface area (TPSA) is 125 Å². The van der Waals surface area contributed by atoms with Crippen LogP contribution >= 0.6 is 0 Å². The van der Waals surface area contributed by atoms with E-state index in [1.54, 1.807) is 36.4 Å². The van der Waals surface area contributed by atoms with Crippen molar-refractivity contribution >= 4 is 21.8 Å². The standard InChI is InChI=1S/C18H22N4O3S/c1-12-6-8-15(9-7-12)26(24,25)22-16(18(23)21-2)11-13-4-3-5-14(10-13)17(19)20/h3-10,16,22H,11H2,1-2H3,(H3,19,20)(H,21,23)/t16-/m0/s1. The van der Waals surface area contributed by atoms with Gasteiger partial charge in [0.1, 0.15) is 11.9 Å². The summed E-state index contributed by atoms with van der Waals surface area (Å²) in [6.07, 6.45) is 0.131. The largest absolute Gasteiger partial charge is 0.384 e. The summed E-state index contributed by atoms with van der Waals surface area (Å²) < 4.78 is 27.6. The summed E-state index contributed by atoms with van der Waals surface area (Å²) in [4.78, 5) is 12.3. The van der Waals surface area contributed by atoms with E-state index >= 15 is 0 Å². The number of sulfonamides is 1. The zero-order valence-corrected chi connectivity index (χ0v) is 15.4. The van der Waals surface area contributed by atoms with Crippen molar-refractivity contribution in [2.45, 2.75) is 24.3 Å². The predicted octanol–water partition coefficient (Wildman–Crippen LogP) is 0.915. The maximum atomic E-state index is 12.6. The Morgan fingerprint density at radius 1 is 1.19 bits per heavy atom. The van der Waals surface area contributed by atoms with Crippen LogP contribution < -0.4 is 15.8 Å². The third-order valence-corrected chi connectivity index (χ3v) is 5.36. The van der Waals surface area contributed by atoms with Gasteiger partial charge in [-0.3, -0.25) is 10.2 Å². The van der Waals surface area contributed by atoms with E-state index in [2.05, 4.69) is 10.0 Å². The lowest BCUT2D eigenvalue weighted by molar-refractivity contribution is -0.122. The monoisotopic (exact) mass is 374 g/mol. The first-order valence-corrected chi connectivity index (χ1v) is 9.45. The van der Waals surface area contributed by atoms with Crippen LogP contribution in [0.25, 0.3) is 0 Å². The third kappa shape index (κ3) is 4.90. The van der Waals surface area contributed by atoms with Crippen molar-refractivity contribution in [1.82, 2.24) is 10.0 Å². The molecule has 2 aromatic rings. The highest BCUT2D eigenvalue weighted by Crippen LogP contribution is 2.13. The molecule has 26 heavy (non-hydrogen) atoms. The summed E-state index contributed by atoms with van der Waals surface area (Å²) in [6.45, 7) is 1.86. The second-order valence-electron chi connectivity index (χ2n) is 5.92. The molecular formula is C18H22N4O3S. The van der Waals surface area contributed by atoms with Crippen molar-refractivity contribution in [3.63, 3.8) is 0 Å². The van der Waals surface area contributed by atoms with Crippen LogP contribution in [0.4, 0.5) is 0 Å². The number of amides is 1. The molecule has 138 valence electrons. The van der Waals surface area contributed by atoms with Crippen LogP contribution in [0.5, 0.6) is 0 Å². The number of amidine groups is 1. The average Bonchev–Trinajstić information content (AvgIpc) is 2.61. The molecule has 0 heterocycles. The molecule has 5 N–H and O–H groups in total. The number of nitrogens with two attached hydrogens (primary N) is 1. The van der Waals surface area contributed by atoms with Crippen LogP contribution in [0.3, 0.4) is 0 Å². The number of carbonyl (C=O) groups excluding carboxylic acids is 1. The van der Waals surface area contributed by atoms with Crippen molar-refractivity contribution in [2.24, 2.45) is 5.73 Å². The van der Waals surface area contributed by atoms with Crippen LogP contribution in [-0.2, 0) is 21.2 Å². The third-order valence-electron chi connectivity index (χ3n) is 3.87. The minimum atomic E-state index is -3.86. The van der Waals surface area contributed by atoms with Crippen LogP contribution in [0.2, 0.25) is 0 Å². The van der Waals surface area contributed by atoms with Gasteiger partial charge < -0.3 is 11.1 Å². The fourth-order valence-electron chi connectivity index (χ4n) is 2.44. The lowest BCUT2D eigenvalue weighted by atomic mass is 10.0. The molecule has 2 aromatic carbocycles. The first-order chi connectivity index (χ1) is 12.2. The van der Waals surface area contributed by atoms with E-state index < -0.39 is 22.0 Å². The van der Waals surface area contributed by atoms with Crippen molar-refractivity contribution in [3.05, 3.63) is 65.2 Å². The second kappa shape index (κ2) is 8.11. The van der Waals surface area contributed by atoms with Gasteiger partial charge in [-0.2, -0.15) is 4.72 Å². The molecule has 0 aromatic heterocycles. The van der Waals surface area contributed by atoms with Crippen molar-refractivity contribution < 1.29 is 13.2 Å². The number of benzene rings is 2. The van der Waals surface area contributed by atoms with Gasteiger partial charge in [0.2, 0.25) is 15.9 Å². The van der Waals surface area contributed by atoms with E-state index in [-0.39, 0.29) is 17.2 Å². The van der Waals surface area contributed by atoms with E-state index in [1.807, 2.05) is 6.92 Å². The number of carbonyl (C=O) groups is 1. The van der Waals surface area contributed by atoms with Crippen LogP contribution in [0.1, 0.15) is 16.7 Å². The van der Waals surface area contributed by atoms with Crippen LogP contribution in [-0.4, -0.2) is 33.3 Å². The molecule has 1 atom stereocenters. The number of hydrogen-bond acceptors (Lipinski definition) is 4. The van der Waals surface area contributed by atoms with E-state index in [0.717, 1.165) is 5.56 Å². The number of rotatable bonds is 7. The lowest BCUT2D eigenvalue weighted by Gasteiger charge is -2.18. The molecule has 0 radical (unpaired) electrons. The molecule has 0 fully saturated rings. The maximum Gasteiger partial charge on any atom is 0.241 e. The van der Waals surface area contributed by atoms with Gasteiger partial charge in [0.05, 0.1) is 4.90 Å². The van der Waals surface area contributed by atoms with Gasteiger partial charge in [-0.05, 0) is 37.1 Å². The van der Waals surface area contributed by atoms with Gasteiger partial charge in [0, 0.05) is 12.6 Å². The van der Waals surface area contributed by atoms with E-state index in [1.165, 1.54) is 19.2 Å². The van der Waals surface area contributed by atoms with Crippen molar-refractivity contribution in [1.29, 1.82) is 5.41 Å². The molecular weight excluding hydrogens is 352 g/mol. The number of nitrogen functional groups attached to an aromatic ring is 1. The average molecular weight is 374 g/mol. The molecule has 7 nitrogen and oxygen atoms in total. The van der Waals surface area contributed by atoms with Crippen LogP contribution in [0, 0.1) is 12.3 Å². The summed E-state index contributed by atoms with van der Waals surface area (Å²) in [6, 6.07) is 12.2. The highest BCUT2D eigenvalue weighted by molar-refractivity contribution is 7.89. The molecule has 0 saturated heterocycles. The molecule has 0 aliphatic carbocycles. The number of aryl methyl sites for hydroxylation is 1. The second-order valence-corrected chi connectivity index (χ2v) is 7.63. The first kappa shape index (κ1) is 19.6. The zero-order valence-electron chi connectivity index (χ0n) is 14.6. The molecule has 1 amide bonds. The highest BCUT2D eigenvalue weighted by atomic mass is 32.2. The van der Waals surface area contributed by atoms with Crippen molar-refractivity contribution in [2.75, 3.05) is 7.05 Å². The van der Waals surface area contributed by atoms with Gasteiger partial charge in [-0.1, -0.05) is 35.9 Å². The van der Waals surface area contributed by atoms with Gasteiger partial charge in [0.15, 0.2) is 0 Å². The Morgan fingerprint density at radius 2 is 1.85 bits per heavy atom. The molecule has 0 spiro atoms. The van der Waals surface area contributed by atoms with Gasteiger partial charge in [-0.15, -0.1) is 0 Å². The molecule has 2 rings (SSSR count). The summed E-state index contributed by atoms with van der Waals surface area (Å²) in [5.74, 6) is -0.544. The van der Waals surface area contributed by atoms with Gasteiger partial charge >= 0.3 is 0 Å². The smallest absolute Gasteiger partial charge is 0.241 e. The Morgan fingerprint density at radius 3 is 2.42 bits per heavy atom. The Balaban J connectivity index is 2.27. The zero-order chi connectivity index (χ0) is 19.3. The molecule has 0 unspecified atom stereocenters. The Bertz CT molecular complexity index is 908. The Hall–Kier alpha value is -2.71. The summed E-state index contributed by atoms with van der Waals surface area (Å²) in [7, 11) is -2.41. The Labute approximate surface area is 153 Å². The fraction of sp³-hybridized carbons (Fsp3) is 0.222. The predicted molar refractivity (Wildman–Crippen MR) is 101 cm³/mol. The van der Waals surface area contributed by atoms with E-state index in [4.69, 9.17) is 11.1 Å². The highest BCUT2D eigenvalue weighted by Gasteiger charge is 2.25. The number of nitrogens with one attached hydrogen (secondary N) is 3. The summed E-state index contributed by atoms with van der Waals surface area (Å²) in [5.41, 5.74) is 7.63. The lowest BCUT2D eigenvalue weighted by Crippen LogP contribution is -2.46.